The molecule has 34 heavy (non-hydrogen) atoms. The van der Waals surface area contributed by atoms with Crippen molar-refractivity contribution in [3.05, 3.63) is 98.5 Å². The summed E-state index contributed by atoms with van der Waals surface area (Å²) in [4.78, 5) is 25.8. The first kappa shape index (κ1) is 26.3. The number of aromatic carboxylic acids is 1. The van der Waals surface area contributed by atoms with Crippen molar-refractivity contribution in [2.24, 2.45) is 0 Å². The van der Waals surface area contributed by atoms with E-state index in [1.54, 1.807) is 54.6 Å². The minimum atomic E-state index is -1.61. The summed E-state index contributed by atoms with van der Waals surface area (Å²) in [6.07, 6.45) is 0.317. The molecule has 0 aliphatic carbocycles. The van der Waals surface area contributed by atoms with Gasteiger partial charge < -0.3 is 15.1 Å². The highest BCUT2D eigenvalue weighted by Gasteiger charge is 2.35. The SMILES string of the molecule is O=C(O)c1ccccc1CCC(O)(CN(C(=O)CCl)c1ccc(Cl)cc1)c1ccc(Cl)c(Cl)c1. The summed E-state index contributed by atoms with van der Waals surface area (Å²) in [5, 5.41) is 22.5. The van der Waals surface area contributed by atoms with E-state index in [2.05, 4.69) is 0 Å². The van der Waals surface area contributed by atoms with Crippen LogP contribution in [-0.2, 0) is 16.8 Å². The highest BCUT2D eigenvalue weighted by molar-refractivity contribution is 6.42. The molecular formula is C25H21Cl4NO4. The molecule has 178 valence electrons. The van der Waals surface area contributed by atoms with Crippen LogP contribution < -0.4 is 4.90 Å². The Morgan fingerprint density at radius 3 is 2.21 bits per heavy atom. The van der Waals surface area contributed by atoms with Gasteiger partial charge in [-0.15, -0.1) is 11.6 Å². The number of aryl methyl sites for hydroxylation is 1. The number of carboxylic acids is 1. The number of amides is 1. The molecule has 1 amide bonds. The second-order valence-corrected chi connectivity index (χ2v) is 9.23. The number of anilines is 1. The molecule has 0 saturated heterocycles. The number of aliphatic hydroxyl groups is 1. The Labute approximate surface area is 217 Å². The quantitative estimate of drug-likeness (QED) is 0.306. The number of hydrogen-bond donors (Lipinski definition) is 2. The van der Waals surface area contributed by atoms with Crippen LogP contribution in [0.2, 0.25) is 15.1 Å². The van der Waals surface area contributed by atoms with E-state index in [0.717, 1.165) is 0 Å². The fourth-order valence-corrected chi connectivity index (χ4v) is 4.24. The van der Waals surface area contributed by atoms with Crippen LogP contribution in [0, 0.1) is 0 Å². The molecular weight excluding hydrogens is 520 g/mol. The molecule has 3 rings (SSSR count). The Morgan fingerprint density at radius 2 is 1.59 bits per heavy atom. The molecule has 0 aromatic heterocycles. The van der Waals surface area contributed by atoms with Gasteiger partial charge in [0.05, 0.1) is 22.2 Å². The number of alkyl halides is 1. The van der Waals surface area contributed by atoms with Gasteiger partial charge in [0.1, 0.15) is 11.5 Å². The maximum absolute atomic E-state index is 12.8. The fraction of sp³-hybridized carbons (Fsp3) is 0.200. The zero-order chi connectivity index (χ0) is 24.9. The second-order valence-electron chi connectivity index (χ2n) is 7.71. The van der Waals surface area contributed by atoms with Crippen molar-refractivity contribution in [2.45, 2.75) is 18.4 Å². The Kier molecular flexibility index (Phi) is 8.85. The molecule has 0 fully saturated rings. The van der Waals surface area contributed by atoms with Crippen LogP contribution in [0.15, 0.2) is 66.7 Å². The van der Waals surface area contributed by atoms with Crippen LogP contribution in [0.5, 0.6) is 0 Å². The van der Waals surface area contributed by atoms with E-state index in [4.69, 9.17) is 46.4 Å². The molecule has 0 aliphatic heterocycles. The molecule has 3 aromatic rings. The lowest BCUT2D eigenvalue weighted by Gasteiger charge is -2.35. The highest BCUT2D eigenvalue weighted by atomic mass is 35.5. The van der Waals surface area contributed by atoms with Crippen LogP contribution in [0.25, 0.3) is 0 Å². The number of rotatable bonds is 9. The summed E-state index contributed by atoms with van der Waals surface area (Å²) in [6, 6.07) is 17.9. The number of nitrogens with zero attached hydrogens (tertiary/aromatic N) is 1. The fourth-order valence-electron chi connectivity index (χ4n) is 3.67. The second kappa shape index (κ2) is 11.4. The molecule has 9 heteroatoms. The Hall–Kier alpha value is -2.28. The summed E-state index contributed by atoms with van der Waals surface area (Å²) in [7, 11) is 0. The Morgan fingerprint density at radius 1 is 0.912 bits per heavy atom. The molecule has 0 radical (unpaired) electrons. The maximum atomic E-state index is 12.8. The number of carbonyl (C=O) groups is 2. The van der Waals surface area contributed by atoms with Gasteiger partial charge in [0.2, 0.25) is 5.91 Å². The van der Waals surface area contributed by atoms with Crippen molar-refractivity contribution in [1.82, 2.24) is 0 Å². The Balaban J connectivity index is 2.03. The van der Waals surface area contributed by atoms with Crippen molar-refractivity contribution in [1.29, 1.82) is 0 Å². The number of benzene rings is 3. The molecule has 1 atom stereocenters. The zero-order valence-corrected chi connectivity index (χ0v) is 20.9. The summed E-state index contributed by atoms with van der Waals surface area (Å²) >= 11 is 24.2. The smallest absolute Gasteiger partial charge is 0.335 e. The van der Waals surface area contributed by atoms with E-state index in [0.29, 0.717) is 26.9 Å². The van der Waals surface area contributed by atoms with Gasteiger partial charge in [0.25, 0.3) is 0 Å². The third-order valence-electron chi connectivity index (χ3n) is 5.49. The monoisotopic (exact) mass is 539 g/mol. The molecule has 0 bridgehead atoms. The topological polar surface area (TPSA) is 77.8 Å². The van der Waals surface area contributed by atoms with Gasteiger partial charge in [0.15, 0.2) is 0 Å². The number of halogens is 4. The van der Waals surface area contributed by atoms with Gasteiger partial charge >= 0.3 is 5.97 Å². The van der Waals surface area contributed by atoms with Gasteiger partial charge in [-0.05, 0) is 66.4 Å². The average Bonchev–Trinajstić information content (AvgIpc) is 2.83. The molecule has 0 aliphatic rings. The summed E-state index contributed by atoms with van der Waals surface area (Å²) in [5.74, 6) is -1.79. The summed E-state index contributed by atoms with van der Waals surface area (Å²) < 4.78 is 0. The van der Waals surface area contributed by atoms with Crippen LogP contribution in [-0.4, -0.2) is 34.5 Å². The first-order valence-corrected chi connectivity index (χ1v) is 11.9. The molecule has 1 unspecified atom stereocenters. The third kappa shape index (κ3) is 6.23. The average molecular weight is 541 g/mol. The zero-order valence-electron chi connectivity index (χ0n) is 17.8. The normalized spacial score (nSPS) is 12.7. The van der Waals surface area contributed by atoms with Crippen LogP contribution in [0.3, 0.4) is 0 Å². The van der Waals surface area contributed by atoms with E-state index < -0.39 is 17.5 Å². The molecule has 3 aromatic carbocycles. The lowest BCUT2D eigenvalue weighted by molar-refractivity contribution is -0.117. The van der Waals surface area contributed by atoms with Crippen molar-refractivity contribution in [2.75, 3.05) is 17.3 Å². The first-order chi connectivity index (χ1) is 16.1. The summed E-state index contributed by atoms with van der Waals surface area (Å²) in [5.41, 5.74) is 0.0115. The predicted octanol–water partition coefficient (Wildman–Crippen LogP) is 6.44. The van der Waals surface area contributed by atoms with E-state index >= 15 is 0 Å². The van der Waals surface area contributed by atoms with Crippen molar-refractivity contribution in [3.8, 4) is 0 Å². The number of hydrogen-bond acceptors (Lipinski definition) is 3. The van der Waals surface area contributed by atoms with Crippen LogP contribution in [0.1, 0.15) is 27.9 Å². The lowest BCUT2D eigenvalue weighted by Crippen LogP contribution is -2.45. The van der Waals surface area contributed by atoms with E-state index in [-0.39, 0.29) is 35.9 Å². The molecule has 5 nitrogen and oxygen atoms in total. The van der Waals surface area contributed by atoms with Crippen molar-refractivity contribution >= 4 is 64.0 Å². The third-order valence-corrected chi connectivity index (χ3v) is 6.71. The van der Waals surface area contributed by atoms with Gasteiger partial charge in [-0.1, -0.05) is 59.1 Å². The minimum Gasteiger partial charge on any atom is -0.478 e. The first-order valence-electron chi connectivity index (χ1n) is 10.3. The summed E-state index contributed by atoms with van der Waals surface area (Å²) in [6.45, 7) is -0.159. The van der Waals surface area contributed by atoms with Gasteiger partial charge in [-0.3, -0.25) is 4.79 Å². The predicted molar refractivity (Wildman–Crippen MR) is 137 cm³/mol. The molecule has 0 spiro atoms. The lowest BCUT2D eigenvalue weighted by atomic mass is 9.86. The molecule has 0 heterocycles. The van der Waals surface area contributed by atoms with Crippen LogP contribution >= 0.6 is 46.4 Å². The maximum Gasteiger partial charge on any atom is 0.335 e. The van der Waals surface area contributed by atoms with Gasteiger partial charge in [-0.25, -0.2) is 4.79 Å². The highest BCUT2D eigenvalue weighted by Crippen LogP contribution is 2.34. The van der Waals surface area contributed by atoms with E-state index in [1.165, 1.54) is 17.0 Å². The Bertz CT molecular complexity index is 1190. The van der Waals surface area contributed by atoms with Gasteiger partial charge in [0, 0.05) is 10.7 Å². The minimum absolute atomic E-state index is 0.0922. The van der Waals surface area contributed by atoms with Crippen molar-refractivity contribution < 1.29 is 19.8 Å². The largest absolute Gasteiger partial charge is 0.478 e. The number of carboxylic acid groups (broad SMARTS) is 1. The number of carbonyl (C=O) groups excluding carboxylic acids is 1. The molecule has 2 N–H and O–H groups in total. The van der Waals surface area contributed by atoms with E-state index in [1.807, 2.05) is 0 Å². The van der Waals surface area contributed by atoms with Crippen molar-refractivity contribution in [3.63, 3.8) is 0 Å². The van der Waals surface area contributed by atoms with E-state index in [9.17, 15) is 19.8 Å². The standard InChI is InChI=1S/C25H21Cl4NO4/c26-14-23(31)30(19-8-6-18(27)7-9-19)15-25(34,17-5-10-21(28)22(29)13-17)12-11-16-3-1-2-4-20(16)24(32)33/h1-10,13,34H,11-12,14-15H2,(H,32,33). The molecule has 0 saturated carbocycles. The van der Waals surface area contributed by atoms with Crippen LogP contribution in [0.4, 0.5) is 5.69 Å². The van der Waals surface area contributed by atoms with Gasteiger partial charge in [-0.2, -0.15) is 0 Å².